The molecule has 7 heteroatoms. The second-order valence-electron chi connectivity index (χ2n) is 5.84. The van der Waals surface area contributed by atoms with Crippen molar-refractivity contribution in [3.63, 3.8) is 0 Å². The van der Waals surface area contributed by atoms with Gasteiger partial charge in [0.2, 0.25) is 5.91 Å². The average molecular weight is 347 g/mol. The summed E-state index contributed by atoms with van der Waals surface area (Å²) in [4.78, 5) is 29.9. The van der Waals surface area contributed by atoms with Gasteiger partial charge in [0.25, 0.3) is 5.91 Å². The molecule has 1 aliphatic heterocycles. The molecule has 1 unspecified atom stereocenters. The van der Waals surface area contributed by atoms with Crippen molar-refractivity contribution in [3.05, 3.63) is 41.2 Å². The van der Waals surface area contributed by atoms with E-state index >= 15 is 0 Å². The van der Waals surface area contributed by atoms with E-state index < -0.39 is 0 Å². The third-order valence-corrected chi connectivity index (χ3v) is 4.82. The van der Waals surface area contributed by atoms with E-state index in [1.165, 1.54) is 30.4 Å². The zero-order valence-electron chi connectivity index (χ0n) is 13.3. The van der Waals surface area contributed by atoms with Gasteiger partial charge in [0, 0.05) is 37.0 Å². The Labute approximate surface area is 143 Å². The fourth-order valence-corrected chi connectivity index (χ4v) is 3.63. The summed E-state index contributed by atoms with van der Waals surface area (Å²) in [5.74, 6) is -0.514. The highest BCUT2D eigenvalue weighted by atomic mass is 32.1. The van der Waals surface area contributed by atoms with E-state index in [9.17, 15) is 14.0 Å². The van der Waals surface area contributed by atoms with Crippen LogP contribution in [0.25, 0.3) is 10.6 Å². The van der Waals surface area contributed by atoms with Crippen molar-refractivity contribution in [3.8, 4) is 10.6 Å². The van der Waals surface area contributed by atoms with Gasteiger partial charge in [0.05, 0.1) is 0 Å². The number of likely N-dealkylation sites (tertiary alicyclic amines) is 1. The number of nitrogens with one attached hydrogen (secondary N) is 1. The van der Waals surface area contributed by atoms with Gasteiger partial charge in [0.1, 0.15) is 16.5 Å². The molecule has 0 radical (unpaired) electrons. The molecule has 1 aromatic heterocycles. The van der Waals surface area contributed by atoms with Crippen LogP contribution in [0.1, 0.15) is 30.3 Å². The van der Waals surface area contributed by atoms with E-state index in [0.717, 1.165) is 18.4 Å². The van der Waals surface area contributed by atoms with Crippen LogP contribution in [0.5, 0.6) is 0 Å². The summed E-state index contributed by atoms with van der Waals surface area (Å²) in [6.07, 6.45) is 1.73. The van der Waals surface area contributed by atoms with Crippen LogP contribution in [0, 0.1) is 5.82 Å². The van der Waals surface area contributed by atoms with E-state index in [4.69, 9.17) is 0 Å². The predicted molar refractivity (Wildman–Crippen MR) is 90.3 cm³/mol. The summed E-state index contributed by atoms with van der Waals surface area (Å²) >= 11 is 1.36. The van der Waals surface area contributed by atoms with Crippen LogP contribution in [-0.2, 0) is 4.79 Å². The molecule has 1 aromatic carbocycles. The molecular formula is C17H18FN3O2S. The van der Waals surface area contributed by atoms with E-state index in [1.54, 1.807) is 22.4 Å². The van der Waals surface area contributed by atoms with E-state index in [2.05, 4.69) is 10.3 Å². The Kier molecular flexibility index (Phi) is 4.89. The van der Waals surface area contributed by atoms with Crippen LogP contribution in [0.3, 0.4) is 0 Å². The largest absolute Gasteiger partial charge is 0.352 e. The van der Waals surface area contributed by atoms with Gasteiger partial charge in [-0.25, -0.2) is 9.37 Å². The lowest BCUT2D eigenvalue weighted by Crippen LogP contribution is -2.49. The first-order valence-electron chi connectivity index (χ1n) is 7.81. The quantitative estimate of drug-likeness (QED) is 0.928. The number of hydrogen-bond donors (Lipinski definition) is 1. The van der Waals surface area contributed by atoms with Crippen molar-refractivity contribution in [2.45, 2.75) is 25.8 Å². The number of halogens is 1. The SMILES string of the molecule is CC(=O)NC1CCCN(C(=O)c2csc(-c3ccc(F)cc3)n2)C1. The van der Waals surface area contributed by atoms with Gasteiger partial charge >= 0.3 is 0 Å². The minimum absolute atomic E-state index is 0.00425. The zero-order chi connectivity index (χ0) is 17.1. The minimum atomic E-state index is -0.302. The first-order valence-corrected chi connectivity index (χ1v) is 8.69. The second kappa shape index (κ2) is 7.09. The van der Waals surface area contributed by atoms with Crippen LogP contribution in [0.15, 0.2) is 29.6 Å². The molecule has 5 nitrogen and oxygen atoms in total. The number of aromatic nitrogens is 1. The van der Waals surface area contributed by atoms with Gasteiger partial charge in [-0.15, -0.1) is 11.3 Å². The van der Waals surface area contributed by atoms with Crippen molar-refractivity contribution in [1.29, 1.82) is 0 Å². The third-order valence-electron chi connectivity index (χ3n) is 3.93. The summed E-state index contributed by atoms with van der Waals surface area (Å²) in [6, 6.07) is 6.05. The summed E-state index contributed by atoms with van der Waals surface area (Å²) in [6.45, 7) is 2.65. The molecule has 1 fully saturated rings. The summed E-state index contributed by atoms with van der Waals surface area (Å²) in [5, 5.41) is 5.28. The molecule has 2 aromatic rings. The summed E-state index contributed by atoms with van der Waals surface area (Å²) in [7, 11) is 0. The normalized spacial score (nSPS) is 17.6. The Morgan fingerprint density at radius 2 is 2.08 bits per heavy atom. The van der Waals surface area contributed by atoms with Crippen LogP contribution in [0.4, 0.5) is 4.39 Å². The topological polar surface area (TPSA) is 62.3 Å². The monoisotopic (exact) mass is 347 g/mol. The number of piperidine rings is 1. The molecule has 126 valence electrons. The van der Waals surface area contributed by atoms with Crippen LogP contribution < -0.4 is 5.32 Å². The molecule has 3 rings (SSSR count). The third kappa shape index (κ3) is 3.79. The highest BCUT2D eigenvalue weighted by Crippen LogP contribution is 2.25. The Morgan fingerprint density at radius 1 is 1.33 bits per heavy atom. The number of carbonyl (C=O) groups is 2. The van der Waals surface area contributed by atoms with Crippen molar-refractivity contribution >= 4 is 23.2 Å². The van der Waals surface area contributed by atoms with Gasteiger partial charge < -0.3 is 10.2 Å². The fraction of sp³-hybridized carbons (Fsp3) is 0.353. The number of benzene rings is 1. The predicted octanol–water partition coefficient (Wildman–Crippen LogP) is 2.69. The maximum atomic E-state index is 13.0. The smallest absolute Gasteiger partial charge is 0.273 e. The van der Waals surface area contributed by atoms with Crippen molar-refractivity contribution in [2.75, 3.05) is 13.1 Å². The molecule has 1 atom stereocenters. The number of nitrogens with zero attached hydrogens (tertiary/aromatic N) is 2. The highest BCUT2D eigenvalue weighted by molar-refractivity contribution is 7.13. The Hall–Kier alpha value is -2.28. The molecule has 0 saturated carbocycles. The van der Waals surface area contributed by atoms with Gasteiger partial charge in [-0.05, 0) is 37.1 Å². The number of hydrogen-bond acceptors (Lipinski definition) is 4. The maximum absolute atomic E-state index is 13.0. The molecule has 2 heterocycles. The Morgan fingerprint density at radius 3 is 2.79 bits per heavy atom. The molecule has 24 heavy (non-hydrogen) atoms. The molecule has 0 bridgehead atoms. The lowest BCUT2D eigenvalue weighted by Gasteiger charge is -2.32. The van der Waals surface area contributed by atoms with Gasteiger partial charge in [0.15, 0.2) is 0 Å². The van der Waals surface area contributed by atoms with E-state index in [0.29, 0.717) is 23.8 Å². The van der Waals surface area contributed by atoms with Crippen molar-refractivity contribution in [1.82, 2.24) is 15.2 Å². The Balaban J connectivity index is 1.71. The van der Waals surface area contributed by atoms with Crippen LogP contribution in [0.2, 0.25) is 0 Å². The lowest BCUT2D eigenvalue weighted by atomic mass is 10.1. The first kappa shape index (κ1) is 16.6. The van der Waals surface area contributed by atoms with E-state index in [1.807, 2.05) is 0 Å². The van der Waals surface area contributed by atoms with E-state index in [-0.39, 0.29) is 23.7 Å². The minimum Gasteiger partial charge on any atom is -0.352 e. The molecule has 1 saturated heterocycles. The molecule has 0 aliphatic carbocycles. The molecular weight excluding hydrogens is 329 g/mol. The van der Waals surface area contributed by atoms with Gasteiger partial charge in [-0.3, -0.25) is 9.59 Å². The summed E-state index contributed by atoms with van der Waals surface area (Å²) < 4.78 is 13.0. The molecule has 1 aliphatic rings. The maximum Gasteiger partial charge on any atom is 0.273 e. The van der Waals surface area contributed by atoms with Crippen LogP contribution >= 0.6 is 11.3 Å². The first-order chi connectivity index (χ1) is 11.5. The molecule has 2 amide bonds. The molecule has 1 N–H and O–H groups in total. The fourth-order valence-electron chi connectivity index (χ4n) is 2.83. The number of amides is 2. The number of thiazole rings is 1. The average Bonchev–Trinajstić information content (AvgIpc) is 3.04. The molecule has 0 spiro atoms. The zero-order valence-corrected chi connectivity index (χ0v) is 14.1. The summed E-state index contributed by atoms with van der Waals surface area (Å²) in [5.41, 5.74) is 1.18. The number of carbonyl (C=O) groups excluding carboxylic acids is 2. The lowest BCUT2D eigenvalue weighted by molar-refractivity contribution is -0.120. The number of rotatable bonds is 3. The van der Waals surface area contributed by atoms with Crippen molar-refractivity contribution in [2.24, 2.45) is 0 Å². The van der Waals surface area contributed by atoms with Gasteiger partial charge in [-0.2, -0.15) is 0 Å². The van der Waals surface area contributed by atoms with Gasteiger partial charge in [-0.1, -0.05) is 0 Å². The Bertz CT molecular complexity index is 745. The van der Waals surface area contributed by atoms with Crippen LogP contribution in [-0.4, -0.2) is 40.8 Å². The second-order valence-corrected chi connectivity index (χ2v) is 6.69. The van der Waals surface area contributed by atoms with Crippen molar-refractivity contribution < 1.29 is 14.0 Å². The standard InChI is InChI=1S/C17H18FN3O2S/c1-11(22)19-14-3-2-8-21(9-14)17(23)15-10-24-16(20-15)12-4-6-13(18)7-5-12/h4-7,10,14H,2-3,8-9H2,1H3,(H,19,22). The highest BCUT2D eigenvalue weighted by Gasteiger charge is 2.26.